The van der Waals surface area contributed by atoms with Gasteiger partial charge in [0, 0.05) is 30.5 Å². The number of nitrogens with one attached hydrogen (secondary N) is 2. The number of pyridine rings is 1. The van der Waals surface area contributed by atoms with Crippen LogP contribution in [0.2, 0.25) is 0 Å². The number of alkyl halides is 2. The summed E-state index contributed by atoms with van der Waals surface area (Å²) in [5.74, 6) is -1.10. The number of carbonyl (C=O) groups excluding carboxylic acids is 2. The first-order valence-electron chi connectivity index (χ1n) is 8.82. The van der Waals surface area contributed by atoms with E-state index in [1.54, 1.807) is 24.3 Å². The van der Waals surface area contributed by atoms with Crippen LogP contribution in [0.25, 0.3) is 5.65 Å². The van der Waals surface area contributed by atoms with Gasteiger partial charge in [-0.2, -0.15) is 0 Å². The van der Waals surface area contributed by atoms with Crippen molar-refractivity contribution in [1.29, 1.82) is 0 Å². The van der Waals surface area contributed by atoms with Gasteiger partial charge in [-0.1, -0.05) is 0 Å². The summed E-state index contributed by atoms with van der Waals surface area (Å²) in [5.41, 5.74) is 1.52. The molecular formula is C19H20F2N6O2. The highest BCUT2D eigenvalue weighted by atomic mass is 19.3. The molecule has 0 unspecified atom stereocenters. The van der Waals surface area contributed by atoms with Gasteiger partial charge in [-0.15, -0.1) is 10.2 Å². The van der Waals surface area contributed by atoms with Crippen molar-refractivity contribution in [2.24, 2.45) is 0 Å². The van der Waals surface area contributed by atoms with Gasteiger partial charge in [0.1, 0.15) is 0 Å². The van der Waals surface area contributed by atoms with Crippen molar-refractivity contribution in [3.05, 3.63) is 54.0 Å². The Hall–Kier alpha value is -3.40. The first-order valence-corrected chi connectivity index (χ1v) is 8.82. The molecule has 0 radical (unpaired) electrons. The first-order chi connectivity index (χ1) is 13.8. The molecule has 3 rings (SSSR count). The third-order valence-electron chi connectivity index (χ3n) is 4.10. The molecule has 2 heterocycles. The Labute approximate surface area is 165 Å². The molecule has 2 aromatic heterocycles. The molecule has 0 bridgehead atoms. The van der Waals surface area contributed by atoms with Crippen LogP contribution in [0.5, 0.6) is 0 Å². The number of hydrogen-bond donors (Lipinski definition) is 2. The van der Waals surface area contributed by atoms with Crippen molar-refractivity contribution in [2.75, 3.05) is 31.3 Å². The summed E-state index contributed by atoms with van der Waals surface area (Å²) in [5, 5.41) is 12.5. The van der Waals surface area contributed by atoms with Crippen LogP contribution < -0.4 is 10.6 Å². The normalized spacial score (nSPS) is 11.2. The third-order valence-corrected chi connectivity index (χ3v) is 4.10. The summed E-state index contributed by atoms with van der Waals surface area (Å²) in [4.78, 5) is 26.2. The lowest BCUT2D eigenvalue weighted by molar-refractivity contribution is -0.116. The van der Waals surface area contributed by atoms with E-state index in [-0.39, 0.29) is 17.1 Å². The van der Waals surface area contributed by atoms with E-state index in [4.69, 9.17) is 0 Å². The molecule has 2 N–H and O–H groups in total. The second kappa shape index (κ2) is 8.74. The molecule has 10 heteroatoms. The summed E-state index contributed by atoms with van der Waals surface area (Å²) in [6, 6.07) is 9.54. The van der Waals surface area contributed by atoms with Gasteiger partial charge < -0.3 is 15.5 Å². The molecule has 0 aliphatic rings. The number of nitrogens with zero attached hydrogens (tertiary/aromatic N) is 4. The van der Waals surface area contributed by atoms with Crippen LogP contribution >= 0.6 is 0 Å². The lowest BCUT2D eigenvalue weighted by atomic mass is 10.2. The number of aromatic nitrogens is 3. The van der Waals surface area contributed by atoms with Crippen LogP contribution in [0, 0.1) is 0 Å². The molecule has 0 atom stereocenters. The Bertz CT molecular complexity index is 1020. The summed E-state index contributed by atoms with van der Waals surface area (Å²) < 4.78 is 27.0. The quantitative estimate of drug-likeness (QED) is 0.634. The maximum absolute atomic E-state index is 13.0. The zero-order valence-electron chi connectivity index (χ0n) is 15.9. The van der Waals surface area contributed by atoms with Gasteiger partial charge >= 0.3 is 0 Å². The van der Waals surface area contributed by atoms with Gasteiger partial charge in [0.05, 0.1) is 5.56 Å². The smallest absolute Gasteiger partial charge is 0.297 e. The Morgan fingerprint density at radius 1 is 1.03 bits per heavy atom. The molecular weight excluding hydrogens is 382 g/mol. The van der Waals surface area contributed by atoms with E-state index >= 15 is 0 Å². The Kier molecular flexibility index (Phi) is 6.13. The summed E-state index contributed by atoms with van der Waals surface area (Å²) in [6.45, 7) is 0.643. The average molecular weight is 402 g/mol. The van der Waals surface area contributed by atoms with Crippen LogP contribution in [0.15, 0.2) is 42.6 Å². The fourth-order valence-electron chi connectivity index (χ4n) is 2.58. The van der Waals surface area contributed by atoms with Gasteiger partial charge in [-0.3, -0.25) is 14.0 Å². The van der Waals surface area contributed by atoms with Crippen LogP contribution in [0.4, 0.5) is 20.2 Å². The summed E-state index contributed by atoms with van der Waals surface area (Å²) >= 11 is 0. The molecule has 29 heavy (non-hydrogen) atoms. The molecule has 3 aromatic rings. The zero-order valence-corrected chi connectivity index (χ0v) is 15.9. The fraction of sp³-hybridized carbons (Fsp3) is 0.263. The van der Waals surface area contributed by atoms with Gasteiger partial charge in [0.25, 0.3) is 12.3 Å². The summed E-state index contributed by atoms with van der Waals surface area (Å²) in [6.07, 6.45) is -1.16. The predicted octanol–water partition coefficient (Wildman–Crippen LogP) is 2.81. The summed E-state index contributed by atoms with van der Waals surface area (Å²) in [7, 11) is 3.78. The largest absolute Gasteiger partial charge is 0.326 e. The number of halogens is 2. The van der Waals surface area contributed by atoms with Crippen molar-refractivity contribution in [2.45, 2.75) is 12.8 Å². The number of amides is 2. The highest BCUT2D eigenvalue weighted by Gasteiger charge is 2.17. The minimum atomic E-state index is -2.80. The first kappa shape index (κ1) is 20.3. The van der Waals surface area contributed by atoms with E-state index in [1.165, 1.54) is 18.3 Å². The van der Waals surface area contributed by atoms with Crippen LogP contribution in [0.1, 0.15) is 29.0 Å². The lowest BCUT2D eigenvalue weighted by Crippen LogP contribution is -2.20. The third kappa shape index (κ3) is 5.11. The maximum Gasteiger partial charge on any atom is 0.297 e. The number of anilines is 2. The average Bonchev–Trinajstić information content (AvgIpc) is 3.11. The van der Waals surface area contributed by atoms with Crippen LogP contribution in [-0.2, 0) is 4.79 Å². The van der Waals surface area contributed by atoms with Crippen molar-refractivity contribution in [3.8, 4) is 0 Å². The molecule has 0 spiro atoms. The number of carbonyl (C=O) groups is 2. The van der Waals surface area contributed by atoms with E-state index in [0.717, 1.165) is 4.40 Å². The Balaban J connectivity index is 1.65. The Morgan fingerprint density at radius 3 is 2.31 bits per heavy atom. The molecule has 0 saturated carbocycles. The molecule has 0 fully saturated rings. The number of rotatable bonds is 7. The van der Waals surface area contributed by atoms with E-state index in [0.29, 0.717) is 24.3 Å². The monoisotopic (exact) mass is 402 g/mol. The van der Waals surface area contributed by atoms with E-state index in [2.05, 4.69) is 20.8 Å². The maximum atomic E-state index is 13.0. The minimum Gasteiger partial charge on any atom is -0.326 e. The highest BCUT2D eigenvalue weighted by molar-refractivity contribution is 6.04. The number of benzene rings is 1. The van der Waals surface area contributed by atoms with Crippen molar-refractivity contribution >= 4 is 28.8 Å². The minimum absolute atomic E-state index is 0.104. The number of hydrogen-bond acceptors (Lipinski definition) is 5. The molecule has 8 nitrogen and oxygen atoms in total. The lowest BCUT2D eigenvalue weighted by Gasteiger charge is -2.10. The van der Waals surface area contributed by atoms with E-state index < -0.39 is 18.2 Å². The van der Waals surface area contributed by atoms with Crippen molar-refractivity contribution in [3.63, 3.8) is 0 Å². The predicted molar refractivity (Wildman–Crippen MR) is 104 cm³/mol. The molecule has 0 saturated heterocycles. The van der Waals surface area contributed by atoms with E-state index in [1.807, 2.05) is 19.0 Å². The molecule has 0 aliphatic heterocycles. The fourth-order valence-corrected chi connectivity index (χ4v) is 2.58. The second-order valence-electron chi connectivity index (χ2n) is 6.64. The van der Waals surface area contributed by atoms with Gasteiger partial charge in [-0.25, -0.2) is 8.78 Å². The van der Waals surface area contributed by atoms with E-state index in [9.17, 15) is 18.4 Å². The van der Waals surface area contributed by atoms with Gasteiger partial charge in [-0.05, 0) is 50.5 Å². The van der Waals surface area contributed by atoms with Crippen LogP contribution in [0.3, 0.4) is 0 Å². The number of fused-ring (bicyclic) bond motifs is 1. The standard InChI is InChI=1S/C19H20F2N6O2/c1-26(2)10-9-16(28)22-13-4-6-14(7-5-13)23-19(29)12-3-8-15-24-25-18(17(20)21)27(15)11-12/h3-8,11,17H,9-10H2,1-2H3,(H,22,28)(H,23,29). The second-order valence-corrected chi connectivity index (χ2v) is 6.64. The van der Waals surface area contributed by atoms with Crippen LogP contribution in [-0.4, -0.2) is 52.0 Å². The molecule has 1 aromatic carbocycles. The Morgan fingerprint density at radius 2 is 1.69 bits per heavy atom. The topological polar surface area (TPSA) is 91.6 Å². The molecule has 152 valence electrons. The zero-order chi connectivity index (χ0) is 21.0. The SMILES string of the molecule is CN(C)CCC(=O)Nc1ccc(NC(=O)c2ccc3nnc(C(F)F)n3c2)cc1. The van der Waals surface area contributed by atoms with Gasteiger partial charge in [0.2, 0.25) is 11.7 Å². The van der Waals surface area contributed by atoms with Gasteiger partial charge in [0.15, 0.2) is 5.65 Å². The highest BCUT2D eigenvalue weighted by Crippen LogP contribution is 2.19. The molecule has 0 aliphatic carbocycles. The molecule has 2 amide bonds. The van der Waals surface area contributed by atoms with Crippen molar-refractivity contribution < 1.29 is 18.4 Å². The van der Waals surface area contributed by atoms with Crippen molar-refractivity contribution in [1.82, 2.24) is 19.5 Å².